The minimum atomic E-state index is -0.436. The molecule has 0 saturated heterocycles. The van der Waals surface area contributed by atoms with E-state index in [0.29, 0.717) is 28.9 Å². The molecule has 4 aliphatic carbocycles. The number of amides is 1. The Morgan fingerprint density at radius 3 is 2.24 bits per heavy atom. The highest BCUT2D eigenvalue weighted by Gasteiger charge is 2.55. The van der Waals surface area contributed by atoms with Gasteiger partial charge >= 0.3 is 5.97 Å². The minimum Gasteiger partial charge on any atom is -0.458 e. The van der Waals surface area contributed by atoms with Gasteiger partial charge in [-0.3, -0.25) is 13.3 Å². The fraction of sp³-hybridized carbons (Fsp3) is 0.600. The molecule has 4 fully saturated rings. The van der Waals surface area contributed by atoms with E-state index in [1.54, 1.807) is 38.3 Å². The van der Waals surface area contributed by atoms with Crippen molar-refractivity contribution < 1.29 is 28.0 Å². The summed E-state index contributed by atoms with van der Waals surface area (Å²) in [6, 6.07) is 6.63. The molecular formula is C25H33NO6S. The van der Waals surface area contributed by atoms with Crippen LogP contribution in [-0.4, -0.2) is 48.5 Å². The fourth-order valence-corrected chi connectivity index (χ4v) is 6.75. The average molecular weight is 476 g/mol. The molecule has 1 aromatic carbocycles. The van der Waals surface area contributed by atoms with Crippen LogP contribution < -0.4 is 0 Å². The first-order valence-electron chi connectivity index (χ1n) is 11.6. The van der Waals surface area contributed by atoms with Crippen molar-refractivity contribution in [1.82, 2.24) is 4.31 Å². The standard InChI is InChI=1S/C25H33NO6S/c1-4-9-30-24(28)22-7-5-21(6-8-22)23(27)26(33-32-16-31-17(2)29-3)25-13-18-10-19(14-25)12-20(11-18)15-25/h4-8,17-20H,1,9-16H2,2-3H3. The Hall–Kier alpha value is -1.87. The van der Waals surface area contributed by atoms with E-state index >= 15 is 0 Å². The maximum absolute atomic E-state index is 13.7. The first kappa shape index (κ1) is 24.3. The van der Waals surface area contributed by atoms with Gasteiger partial charge in [0.15, 0.2) is 13.1 Å². The predicted octanol–water partition coefficient (Wildman–Crippen LogP) is 4.99. The van der Waals surface area contributed by atoms with Gasteiger partial charge in [-0.15, -0.1) is 0 Å². The number of ether oxygens (including phenoxy) is 3. The molecule has 4 saturated carbocycles. The van der Waals surface area contributed by atoms with Crippen molar-refractivity contribution in [2.75, 3.05) is 20.5 Å². The molecule has 180 valence electrons. The molecule has 4 aliphatic rings. The number of rotatable bonds is 11. The van der Waals surface area contributed by atoms with Crippen molar-refractivity contribution in [1.29, 1.82) is 0 Å². The van der Waals surface area contributed by atoms with Crippen LogP contribution in [0.25, 0.3) is 0 Å². The van der Waals surface area contributed by atoms with Gasteiger partial charge in [0.1, 0.15) is 18.8 Å². The minimum absolute atomic E-state index is 0.0178. The average Bonchev–Trinajstić information content (AvgIpc) is 2.81. The van der Waals surface area contributed by atoms with Crippen LogP contribution in [-0.2, 0) is 18.4 Å². The number of methoxy groups -OCH3 is 1. The predicted molar refractivity (Wildman–Crippen MR) is 125 cm³/mol. The molecule has 1 unspecified atom stereocenters. The van der Waals surface area contributed by atoms with Crippen LogP contribution in [0.2, 0.25) is 0 Å². The SMILES string of the molecule is C=CCOC(=O)c1ccc(C(=O)N(SOCOC(C)OC)C23CC4CC(CC(C4)C2)C3)cc1. The van der Waals surface area contributed by atoms with Gasteiger partial charge in [0, 0.05) is 12.7 Å². The van der Waals surface area contributed by atoms with Crippen LogP contribution >= 0.6 is 12.2 Å². The van der Waals surface area contributed by atoms with E-state index in [-0.39, 0.29) is 31.1 Å². The quantitative estimate of drug-likeness (QED) is 0.111. The van der Waals surface area contributed by atoms with E-state index in [2.05, 4.69) is 6.58 Å². The van der Waals surface area contributed by atoms with Crippen molar-refractivity contribution in [3.8, 4) is 0 Å². The topological polar surface area (TPSA) is 74.3 Å². The summed E-state index contributed by atoms with van der Waals surface area (Å²) in [6.45, 7) is 5.50. The van der Waals surface area contributed by atoms with E-state index in [0.717, 1.165) is 31.5 Å². The third kappa shape index (κ3) is 5.45. The molecule has 0 aliphatic heterocycles. The van der Waals surface area contributed by atoms with Crippen LogP contribution in [0.1, 0.15) is 66.2 Å². The maximum atomic E-state index is 13.7. The van der Waals surface area contributed by atoms with E-state index in [4.69, 9.17) is 18.4 Å². The molecule has 0 radical (unpaired) electrons. The Bertz CT molecular complexity index is 822. The summed E-state index contributed by atoms with van der Waals surface area (Å²) in [5.41, 5.74) is 0.721. The molecule has 8 heteroatoms. The van der Waals surface area contributed by atoms with Crippen LogP contribution in [0, 0.1) is 17.8 Å². The largest absolute Gasteiger partial charge is 0.458 e. The highest BCUT2D eigenvalue weighted by molar-refractivity contribution is 7.92. The van der Waals surface area contributed by atoms with Gasteiger partial charge in [-0.2, -0.15) is 0 Å². The monoisotopic (exact) mass is 475 g/mol. The molecular weight excluding hydrogens is 442 g/mol. The fourth-order valence-electron chi connectivity index (χ4n) is 5.99. The summed E-state index contributed by atoms with van der Waals surface area (Å²) >= 11 is 1.09. The Labute approximate surface area is 200 Å². The maximum Gasteiger partial charge on any atom is 0.338 e. The summed E-state index contributed by atoms with van der Waals surface area (Å²) in [5.74, 6) is 1.50. The highest BCUT2D eigenvalue weighted by Crippen LogP contribution is 2.59. The molecule has 0 aromatic heterocycles. The second-order valence-electron chi connectivity index (χ2n) is 9.49. The Morgan fingerprint density at radius 2 is 1.70 bits per heavy atom. The molecule has 1 atom stereocenters. The van der Waals surface area contributed by atoms with Crippen LogP contribution in [0.3, 0.4) is 0 Å². The van der Waals surface area contributed by atoms with Crippen molar-refractivity contribution in [2.45, 2.75) is 57.3 Å². The first-order valence-corrected chi connectivity index (χ1v) is 12.3. The lowest BCUT2D eigenvalue weighted by Crippen LogP contribution is -2.59. The number of carbonyl (C=O) groups is 2. The van der Waals surface area contributed by atoms with Crippen molar-refractivity contribution in [3.63, 3.8) is 0 Å². The molecule has 7 nitrogen and oxygen atoms in total. The van der Waals surface area contributed by atoms with Crippen molar-refractivity contribution in [2.24, 2.45) is 17.8 Å². The number of benzene rings is 1. The number of esters is 1. The highest BCUT2D eigenvalue weighted by atomic mass is 32.2. The Morgan fingerprint density at radius 1 is 1.12 bits per heavy atom. The summed E-state index contributed by atoms with van der Waals surface area (Å²) in [7, 11) is 1.57. The second-order valence-corrected chi connectivity index (χ2v) is 10.2. The van der Waals surface area contributed by atoms with Gasteiger partial charge in [0.2, 0.25) is 0 Å². The zero-order valence-electron chi connectivity index (χ0n) is 19.4. The zero-order chi connectivity index (χ0) is 23.4. The first-order chi connectivity index (χ1) is 15.9. The molecule has 1 aromatic rings. The van der Waals surface area contributed by atoms with E-state index < -0.39 is 5.97 Å². The van der Waals surface area contributed by atoms with Gasteiger partial charge in [0.25, 0.3) is 5.91 Å². The third-order valence-corrected chi connectivity index (χ3v) is 8.03. The van der Waals surface area contributed by atoms with Crippen molar-refractivity contribution >= 4 is 24.1 Å². The van der Waals surface area contributed by atoms with Gasteiger partial charge in [-0.05, 0) is 87.5 Å². The van der Waals surface area contributed by atoms with Gasteiger partial charge in [-0.25, -0.2) is 4.79 Å². The van der Waals surface area contributed by atoms with Gasteiger partial charge in [0.05, 0.1) is 11.1 Å². The third-order valence-electron chi connectivity index (χ3n) is 7.13. The second kappa shape index (κ2) is 10.6. The molecule has 0 N–H and O–H groups in total. The van der Waals surface area contributed by atoms with E-state index in [1.165, 1.54) is 25.3 Å². The summed E-state index contributed by atoms with van der Waals surface area (Å²) in [5, 5.41) is 0. The van der Waals surface area contributed by atoms with Gasteiger partial charge in [-0.1, -0.05) is 12.7 Å². The number of hydrogen-bond acceptors (Lipinski definition) is 7. The van der Waals surface area contributed by atoms with Crippen LogP contribution in [0.15, 0.2) is 36.9 Å². The number of hydrogen-bond donors (Lipinski definition) is 0. The van der Waals surface area contributed by atoms with Gasteiger partial charge < -0.3 is 14.2 Å². The van der Waals surface area contributed by atoms with Crippen molar-refractivity contribution in [3.05, 3.63) is 48.0 Å². The Balaban J connectivity index is 1.51. The van der Waals surface area contributed by atoms with Crippen LogP contribution in [0.4, 0.5) is 0 Å². The summed E-state index contributed by atoms with van der Waals surface area (Å²) in [6.07, 6.45) is 8.03. The normalized spacial score (nSPS) is 28.4. The molecule has 0 spiro atoms. The smallest absolute Gasteiger partial charge is 0.338 e. The lowest BCUT2D eigenvalue weighted by atomic mass is 9.53. The van der Waals surface area contributed by atoms with Crippen LogP contribution in [0.5, 0.6) is 0 Å². The number of nitrogens with zero attached hydrogens (tertiary/aromatic N) is 1. The molecule has 0 heterocycles. The number of carbonyl (C=O) groups excluding carboxylic acids is 2. The molecule has 33 heavy (non-hydrogen) atoms. The van der Waals surface area contributed by atoms with E-state index in [1.807, 2.05) is 4.31 Å². The lowest BCUT2D eigenvalue weighted by molar-refractivity contribution is -0.147. The molecule has 5 rings (SSSR count). The summed E-state index contributed by atoms with van der Waals surface area (Å²) in [4.78, 5) is 25.8. The molecule has 4 bridgehead atoms. The Kier molecular flexibility index (Phi) is 7.79. The summed E-state index contributed by atoms with van der Waals surface area (Å²) < 4.78 is 23.2. The molecule has 1 amide bonds. The lowest BCUT2D eigenvalue weighted by Gasteiger charge is -2.59. The van der Waals surface area contributed by atoms with E-state index in [9.17, 15) is 9.59 Å². The zero-order valence-corrected chi connectivity index (χ0v) is 20.2.